The van der Waals surface area contributed by atoms with Gasteiger partial charge >= 0.3 is 6.03 Å². The second-order valence-electron chi connectivity index (χ2n) is 13.1. The molecule has 1 fully saturated rings. The number of nitriles is 1. The molecular weight excluding hydrogens is 723 g/mol. The largest absolute Gasteiger partial charge is 0.493 e. The smallest absolute Gasteiger partial charge is 0.326 e. The monoisotopic (exact) mass is 762 g/mol. The lowest BCUT2D eigenvalue weighted by Crippen LogP contribution is -2.55. The SMILES string of the molecule is C.CCOc1cc(C(C)(C)C#N)c(Cl)cc1C1=N[C@@H](c2ccc(Cl)cc2)[C@@H](c2ccc(Cl)cc2)N1C(=O)N1CCN(C(=O)c2c(C)noc2C)CC1. The van der Waals surface area contributed by atoms with E-state index < -0.39 is 17.5 Å². The van der Waals surface area contributed by atoms with E-state index >= 15 is 0 Å². The predicted molar refractivity (Wildman–Crippen MR) is 204 cm³/mol. The third-order valence-electron chi connectivity index (χ3n) is 9.34. The third kappa shape index (κ3) is 7.36. The first-order valence-electron chi connectivity index (χ1n) is 16.6. The molecule has 2 aliphatic heterocycles. The fourth-order valence-corrected chi connectivity index (χ4v) is 7.25. The summed E-state index contributed by atoms with van der Waals surface area (Å²) >= 11 is 19.6. The van der Waals surface area contributed by atoms with Gasteiger partial charge in [0, 0.05) is 41.2 Å². The summed E-state index contributed by atoms with van der Waals surface area (Å²) < 4.78 is 11.4. The van der Waals surface area contributed by atoms with Crippen molar-refractivity contribution in [2.24, 2.45) is 4.99 Å². The summed E-state index contributed by atoms with van der Waals surface area (Å²) in [7, 11) is 0. The van der Waals surface area contributed by atoms with Crippen LogP contribution in [0.15, 0.2) is 70.2 Å². The fourth-order valence-electron chi connectivity index (χ4n) is 6.60. The Morgan fingerprint density at radius 2 is 1.52 bits per heavy atom. The summed E-state index contributed by atoms with van der Waals surface area (Å²) in [5, 5.41) is 15.4. The number of ether oxygens (including phenoxy) is 1. The van der Waals surface area contributed by atoms with Crippen LogP contribution in [0.2, 0.25) is 15.1 Å². The van der Waals surface area contributed by atoms with E-state index in [-0.39, 0.29) is 32.5 Å². The molecule has 0 aliphatic carbocycles. The van der Waals surface area contributed by atoms with E-state index in [0.29, 0.717) is 74.5 Å². The molecule has 2 atom stereocenters. The Labute approximate surface area is 319 Å². The number of amides is 3. The number of rotatable bonds is 7. The Morgan fingerprint density at radius 1 is 0.942 bits per heavy atom. The van der Waals surface area contributed by atoms with Gasteiger partial charge in [-0.1, -0.05) is 71.7 Å². The van der Waals surface area contributed by atoms with Gasteiger partial charge in [-0.25, -0.2) is 4.79 Å². The zero-order valence-corrected chi connectivity index (χ0v) is 31.2. The zero-order valence-electron chi connectivity index (χ0n) is 28.9. The molecular formula is C39H41Cl3N6O4. The van der Waals surface area contributed by atoms with Crippen LogP contribution in [0.4, 0.5) is 4.79 Å². The minimum absolute atomic E-state index is 0. The number of aliphatic imine (C=N–C) groups is 1. The van der Waals surface area contributed by atoms with Crippen LogP contribution >= 0.6 is 34.8 Å². The summed E-state index contributed by atoms with van der Waals surface area (Å²) in [5.74, 6) is 1.08. The highest BCUT2D eigenvalue weighted by atomic mass is 35.5. The van der Waals surface area contributed by atoms with Gasteiger partial charge in [-0.3, -0.25) is 14.7 Å². The van der Waals surface area contributed by atoms with Gasteiger partial charge in [-0.15, -0.1) is 0 Å². The molecule has 52 heavy (non-hydrogen) atoms. The van der Waals surface area contributed by atoms with Crippen LogP contribution in [0.1, 0.15) is 84.3 Å². The molecule has 0 spiro atoms. The Morgan fingerprint density at radius 3 is 2.06 bits per heavy atom. The summed E-state index contributed by atoms with van der Waals surface area (Å²) in [6, 6.07) is 19.1. The van der Waals surface area contributed by atoms with Crippen LogP contribution in [0.25, 0.3) is 0 Å². The summed E-state index contributed by atoms with van der Waals surface area (Å²) in [5.41, 5.74) is 2.82. The molecule has 0 unspecified atom stereocenters. The Hall–Kier alpha value is -4.56. The van der Waals surface area contributed by atoms with E-state index in [1.807, 2.05) is 31.2 Å². The van der Waals surface area contributed by atoms with E-state index in [0.717, 1.165) is 11.1 Å². The molecule has 3 amide bonds. The van der Waals surface area contributed by atoms with Crippen molar-refractivity contribution in [3.8, 4) is 11.8 Å². The van der Waals surface area contributed by atoms with E-state index in [1.54, 1.807) is 78.8 Å². The van der Waals surface area contributed by atoms with Gasteiger partial charge in [0.2, 0.25) is 0 Å². The Kier molecular flexibility index (Phi) is 11.6. The van der Waals surface area contributed by atoms with Gasteiger partial charge in [0.25, 0.3) is 5.91 Å². The minimum atomic E-state index is -0.910. The molecule has 0 radical (unpaired) electrons. The number of aryl methyl sites for hydroxylation is 2. The lowest BCUT2D eigenvalue weighted by atomic mass is 9.85. The third-order valence-corrected chi connectivity index (χ3v) is 10.2. The van der Waals surface area contributed by atoms with Crippen molar-refractivity contribution in [2.75, 3.05) is 32.8 Å². The first-order chi connectivity index (χ1) is 24.3. The zero-order chi connectivity index (χ0) is 36.6. The molecule has 3 aromatic carbocycles. The van der Waals surface area contributed by atoms with E-state index in [2.05, 4.69) is 11.2 Å². The van der Waals surface area contributed by atoms with Crippen molar-refractivity contribution in [2.45, 2.75) is 59.5 Å². The van der Waals surface area contributed by atoms with Crippen LogP contribution in [0.5, 0.6) is 5.75 Å². The Bertz CT molecular complexity index is 2010. The fraction of sp³-hybridized carbons (Fsp3) is 0.359. The maximum atomic E-state index is 15.0. The molecule has 0 bridgehead atoms. The van der Waals surface area contributed by atoms with Gasteiger partial charge in [0.05, 0.1) is 35.4 Å². The van der Waals surface area contributed by atoms with Gasteiger partial charge in [-0.2, -0.15) is 5.26 Å². The van der Waals surface area contributed by atoms with E-state index in [4.69, 9.17) is 49.1 Å². The number of amidine groups is 1. The van der Waals surface area contributed by atoms with Crippen molar-refractivity contribution in [3.63, 3.8) is 0 Å². The van der Waals surface area contributed by atoms with Gasteiger partial charge < -0.3 is 19.1 Å². The summed E-state index contributed by atoms with van der Waals surface area (Å²) in [6.45, 7) is 10.4. The first kappa shape index (κ1) is 38.7. The van der Waals surface area contributed by atoms with Crippen LogP contribution in [0.3, 0.4) is 0 Å². The molecule has 1 aromatic heterocycles. The van der Waals surface area contributed by atoms with Crippen LogP contribution in [-0.2, 0) is 5.41 Å². The lowest BCUT2D eigenvalue weighted by molar-refractivity contribution is 0.0644. The minimum Gasteiger partial charge on any atom is -0.493 e. The van der Waals surface area contributed by atoms with Crippen molar-refractivity contribution in [3.05, 3.63) is 115 Å². The van der Waals surface area contributed by atoms with Crippen molar-refractivity contribution >= 4 is 52.6 Å². The average molecular weight is 764 g/mol. The Balaban J connectivity index is 0.00000523. The molecule has 272 valence electrons. The summed E-state index contributed by atoms with van der Waals surface area (Å²) in [4.78, 5) is 38.8. The number of aromatic nitrogens is 1. The average Bonchev–Trinajstić information content (AvgIpc) is 3.68. The number of benzene rings is 3. The molecule has 3 heterocycles. The highest BCUT2D eigenvalue weighted by Crippen LogP contribution is 2.46. The van der Waals surface area contributed by atoms with E-state index in [9.17, 15) is 14.9 Å². The van der Waals surface area contributed by atoms with E-state index in [1.165, 1.54) is 0 Å². The topological polar surface area (TPSA) is 115 Å². The van der Waals surface area contributed by atoms with Gasteiger partial charge in [-0.05, 0) is 87.7 Å². The molecule has 10 nitrogen and oxygen atoms in total. The van der Waals surface area contributed by atoms with Gasteiger partial charge in [0.1, 0.15) is 29.0 Å². The van der Waals surface area contributed by atoms with Crippen LogP contribution in [-0.4, -0.2) is 70.4 Å². The standard InChI is InChI=1S/C38H37Cl3N6O4.CH4/c1-6-50-31-20-29(38(4,5)21-42)30(41)19-28(31)35-43-33(24-7-11-26(39)12-8-24)34(25-9-13-27(40)14-10-25)47(35)37(49)46-17-15-45(16-18-46)36(48)32-22(2)44-51-23(32)3;/h7-14,19-20,33-34H,6,15-18H2,1-5H3;1H4/t33-,34+;/m0./s1. The van der Waals surface area contributed by atoms with Crippen molar-refractivity contribution in [1.82, 2.24) is 19.9 Å². The molecule has 1 saturated heterocycles. The molecule has 0 saturated carbocycles. The van der Waals surface area contributed by atoms with Crippen LogP contribution < -0.4 is 4.74 Å². The second-order valence-corrected chi connectivity index (χ2v) is 14.4. The second kappa shape index (κ2) is 15.6. The number of carbonyl (C=O) groups excluding carboxylic acids is 2. The maximum absolute atomic E-state index is 15.0. The number of hydrogen-bond donors (Lipinski definition) is 0. The number of carbonyl (C=O) groups is 2. The maximum Gasteiger partial charge on any atom is 0.326 e. The highest BCUT2D eigenvalue weighted by molar-refractivity contribution is 6.32. The summed E-state index contributed by atoms with van der Waals surface area (Å²) in [6.07, 6.45) is 0. The predicted octanol–water partition coefficient (Wildman–Crippen LogP) is 9.21. The first-order valence-corrected chi connectivity index (χ1v) is 17.8. The molecule has 2 aliphatic rings. The molecule has 6 rings (SSSR count). The number of urea groups is 1. The quantitative estimate of drug-likeness (QED) is 0.185. The highest BCUT2D eigenvalue weighted by Gasteiger charge is 2.45. The number of hydrogen-bond acceptors (Lipinski definition) is 7. The van der Waals surface area contributed by atoms with Crippen molar-refractivity contribution in [1.29, 1.82) is 5.26 Å². The normalized spacial score (nSPS) is 17.4. The number of piperazine rings is 1. The lowest BCUT2D eigenvalue weighted by Gasteiger charge is -2.39. The van der Waals surface area contributed by atoms with Gasteiger partial charge in [0.15, 0.2) is 0 Å². The van der Waals surface area contributed by atoms with Crippen molar-refractivity contribution < 1.29 is 18.8 Å². The number of nitrogens with zero attached hydrogens (tertiary/aromatic N) is 6. The molecule has 4 aromatic rings. The van der Waals surface area contributed by atoms with Crippen LogP contribution in [0, 0.1) is 25.2 Å². The number of halogens is 3. The molecule has 13 heteroatoms. The molecule has 0 N–H and O–H groups in total.